The van der Waals surface area contributed by atoms with Gasteiger partial charge in [0.25, 0.3) is 0 Å². The van der Waals surface area contributed by atoms with E-state index in [1.165, 1.54) is 10.9 Å². The van der Waals surface area contributed by atoms with Crippen molar-refractivity contribution in [3.63, 3.8) is 0 Å². The van der Waals surface area contributed by atoms with Gasteiger partial charge in [-0.15, -0.1) is 0 Å². The molecule has 0 saturated heterocycles. The van der Waals surface area contributed by atoms with Crippen LogP contribution in [0.5, 0.6) is 5.75 Å². The number of alkyl halides is 3. The highest BCUT2D eigenvalue weighted by Gasteiger charge is 2.32. The lowest BCUT2D eigenvalue weighted by Crippen LogP contribution is -2.09. The third-order valence-corrected chi connectivity index (χ3v) is 5.20. The molecule has 1 aromatic carbocycles. The second kappa shape index (κ2) is 8.61. The normalized spacial score (nSPS) is 11.7. The zero-order chi connectivity index (χ0) is 23.0. The molecule has 0 aliphatic heterocycles. The highest BCUT2D eigenvalue weighted by Crippen LogP contribution is 2.33. The molecule has 3 aromatic heterocycles. The SMILES string of the molecule is Cc1c(-c2n[nH]c(COc3ccc(Cl)cc3Cl)n2)cnn1-c1ncc(C(F)(F)F)cc1Cl. The Morgan fingerprint density at radius 2 is 1.88 bits per heavy atom. The molecule has 4 rings (SSSR count). The number of H-pyrrole nitrogens is 1. The van der Waals surface area contributed by atoms with Crippen LogP contribution in [0.1, 0.15) is 17.1 Å². The minimum Gasteiger partial charge on any atom is -0.484 e. The van der Waals surface area contributed by atoms with Gasteiger partial charge in [0.05, 0.1) is 33.1 Å². The fraction of sp³-hybridized carbons (Fsp3) is 0.158. The molecule has 1 N–H and O–H groups in total. The molecule has 3 heterocycles. The van der Waals surface area contributed by atoms with E-state index in [1.807, 2.05) is 0 Å². The van der Waals surface area contributed by atoms with E-state index in [0.717, 1.165) is 6.07 Å². The van der Waals surface area contributed by atoms with E-state index >= 15 is 0 Å². The van der Waals surface area contributed by atoms with Crippen LogP contribution in [0.25, 0.3) is 17.2 Å². The quantitative estimate of drug-likeness (QED) is 0.366. The highest BCUT2D eigenvalue weighted by molar-refractivity contribution is 6.35. The fourth-order valence-electron chi connectivity index (χ4n) is 2.80. The van der Waals surface area contributed by atoms with Crippen molar-refractivity contribution in [1.29, 1.82) is 0 Å². The molecule has 166 valence electrons. The van der Waals surface area contributed by atoms with Crippen LogP contribution in [0, 0.1) is 6.92 Å². The summed E-state index contributed by atoms with van der Waals surface area (Å²) in [5.74, 6) is 1.22. The summed E-state index contributed by atoms with van der Waals surface area (Å²) in [6, 6.07) is 5.64. The van der Waals surface area contributed by atoms with Gasteiger partial charge < -0.3 is 4.74 Å². The van der Waals surface area contributed by atoms with Crippen LogP contribution >= 0.6 is 34.8 Å². The molecule has 32 heavy (non-hydrogen) atoms. The summed E-state index contributed by atoms with van der Waals surface area (Å²) in [5, 5.41) is 11.7. The molecule has 0 aliphatic carbocycles. The monoisotopic (exact) mass is 502 g/mol. The maximum Gasteiger partial charge on any atom is 0.417 e. The molecule has 0 unspecified atom stereocenters. The molecule has 0 bridgehead atoms. The van der Waals surface area contributed by atoms with E-state index in [-0.39, 0.29) is 17.4 Å². The van der Waals surface area contributed by atoms with Crippen molar-refractivity contribution in [2.75, 3.05) is 0 Å². The van der Waals surface area contributed by atoms with E-state index in [1.54, 1.807) is 25.1 Å². The molecule has 0 aliphatic rings. The van der Waals surface area contributed by atoms with Crippen molar-refractivity contribution in [3.05, 3.63) is 68.8 Å². The third-order valence-electron chi connectivity index (χ3n) is 4.39. The van der Waals surface area contributed by atoms with Gasteiger partial charge >= 0.3 is 6.18 Å². The van der Waals surface area contributed by atoms with Gasteiger partial charge in [-0.05, 0) is 31.2 Å². The van der Waals surface area contributed by atoms with Crippen molar-refractivity contribution < 1.29 is 17.9 Å². The minimum atomic E-state index is -4.55. The van der Waals surface area contributed by atoms with Gasteiger partial charge in [-0.1, -0.05) is 34.8 Å². The zero-order valence-corrected chi connectivity index (χ0v) is 18.4. The summed E-state index contributed by atoms with van der Waals surface area (Å²) in [7, 11) is 0. The molecule has 0 atom stereocenters. The number of benzene rings is 1. The van der Waals surface area contributed by atoms with Crippen LogP contribution in [-0.4, -0.2) is 29.9 Å². The van der Waals surface area contributed by atoms with Crippen molar-refractivity contribution >= 4 is 34.8 Å². The smallest absolute Gasteiger partial charge is 0.417 e. The predicted octanol–water partition coefficient (Wildman–Crippen LogP) is 5.92. The van der Waals surface area contributed by atoms with Gasteiger partial charge in [0, 0.05) is 11.2 Å². The summed E-state index contributed by atoms with van der Waals surface area (Å²) in [6.07, 6.45) is -2.38. The van der Waals surface area contributed by atoms with Crippen LogP contribution in [0.15, 0.2) is 36.7 Å². The van der Waals surface area contributed by atoms with Gasteiger partial charge in [0.1, 0.15) is 12.4 Å². The second-order valence-electron chi connectivity index (χ2n) is 6.55. The molecule has 7 nitrogen and oxygen atoms in total. The lowest BCUT2D eigenvalue weighted by atomic mass is 10.2. The van der Waals surface area contributed by atoms with Gasteiger partial charge in [-0.25, -0.2) is 14.6 Å². The van der Waals surface area contributed by atoms with Crippen molar-refractivity contribution in [1.82, 2.24) is 29.9 Å². The molecular formula is C19H12Cl3F3N6O. The van der Waals surface area contributed by atoms with E-state index in [0.29, 0.717) is 44.9 Å². The van der Waals surface area contributed by atoms with Crippen LogP contribution in [0.4, 0.5) is 13.2 Å². The van der Waals surface area contributed by atoms with Crippen molar-refractivity contribution in [2.45, 2.75) is 19.7 Å². The number of aromatic amines is 1. The number of aromatic nitrogens is 6. The number of ether oxygens (including phenoxy) is 1. The molecule has 0 fully saturated rings. The fourth-order valence-corrected chi connectivity index (χ4v) is 3.51. The van der Waals surface area contributed by atoms with E-state index < -0.39 is 11.7 Å². The van der Waals surface area contributed by atoms with Crippen LogP contribution in [0.2, 0.25) is 15.1 Å². The van der Waals surface area contributed by atoms with Crippen LogP contribution < -0.4 is 4.74 Å². The Morgan fingerprint density at radius 3 is 2.56 bits per heavy atom. The van der Waals surface area contributed by atoms with E-state index in [2.05, 4.69) is 25.3 Å². The molecule has 4 aromatic rings. The maximum atomic E-state index is 12.9. The standard InChI is InChI=1S/C19H12Cl3F3N6O/c1-9-12(7-27-31(9)18-14(22)4-10(6-26-18)19(23,24)25)17-28-16(29-30-17)8-32-15-3-2-11(20)5-13(15)21/h2-7H,8H2,1H3,(H,28,29,30). The summed E-state index contributed by atoms with van der Waals surface area (Å²) in [4.78, 5) is 8.19. The van der Waals surface area contributed by atoms with Gasteiger partial charge in [-0.3, -0.25) is 5.10 Å². The molecule has 13 heteroatoms. The number of hydrogen-bond donors (Lipinski definition) is 1. The summed E-state index contributed by atoms with van der Waals surface area (Å²) < 4.78 is 45.5. The zero-order valence-electron chi connectivity index (χ0n) is 16.1. The van der Waals surface area contributed by atoms with Gasteiger partial charge in [-0.2, -0.15) is 23.4 Å². The van der Waals surface area contributed by atoms with E-state index in [9.17, 15) is 13.2 Å². The molecule has 0 saturated carbocycles. The maximum absolute atomic E-state index is 12.9. The Morgan fingerprint density at radius 1 is 1.09 bits per heavy atom. The van der Waals surface area contributed by atoms with Gasteiger partial charge in [0.2, 0.25) is 0 Å². The topological polar surface area (TPSA) is 81.5 Å². The number of nitrogens with one attached hydrogen (secondary N) is 1. The number of halogens is 6. The minimum absolute atomic E-state index is 0.0555. The highest BCUT2D eigenvalue weighted by atomic mass is 35.5. The summed E-state index contributed by atoms with van der Waals surface area (Å²) in [6.45, 7) is 1.76. The van der Waals surface area contributed by atoms with E-state index in [4.69, 9.17) is 39.5 Å². The Balaban J connectivity index is 1.55. The first-order valence-corrected chi connectivity index (χ1v) is 10.0. The van der Waals surface area contributed by atoms with Crippen LogP contribution in [0.3, 0.4) is 0 Å². The number of nitrogens with zero attached hydrogens (tertiary/aromatic N) is 5. The number of pyridine rings is 1. The average Bonchev–Trinajstić information content (AvgIpc) is 3.33. The molecule has 0 spiro atoms. The number of rotatable bonds is 5. The summed E-state index contributed by atoms with van der Waals surface area (Å²) in [5.41, 5.74) is 0.122. The molecule has 0 amide bonds. The molecule has 0 radical (unpaired) electrons. The predicted molar refractivity (Wildman–Crippen MR) is 112 cm³/mol. The van der Waals surface area contributed by atoms with Gasteiger partial charge in [0.15, 0.2) is 17.5 Å². The van der Waals surface area contributed by atoms with Crippen LogP contribution in [-0.2, 0) is 12.8 Å². The van der Waals surface area contributed by atoms with Crippen molar-refractivity contribution in [2.24, 2.45) is 0 Å². The lowest BCUT2D eigenvalue weighted by Gasteiger charge is -2.10. The first-order valence-electron chi connectivity index (χ1n) is 8.90. The molecular weight excluding hydrogens is 492 g/mol. The van der Waals surface area contributed by atoms with Crippen molar-refractivity contribution in [3.8, 4) is 23.0 Å². The largest absolute Gasteiger partial charge is 0.484 e. The Hall–Kier alpha value is -2.82. The second-order valence-corrected chi connectivity index (χ2v) is 7.80. The Bertz CT molecular complexity index is 1290. The number of hydrogen-bond acceptors (Lipinski definition) is 5. The lowest BCUT2D eigenvalue weighted by molar-refractivity contribution is -0.137. The summed E-state index contributed by atoms with van der Waals surface area (Å²) >= 11 is 18.0. The third kappa shape index (κ3) is 4.52. The Labute approximate surface area is 194 Å². The first-order chi connectivity index (χ1) is 15.1. The average molecular weight is 504 g/mol. The first kappa shape index (κ1) is 22.4. The Kier molecular flexibility index (Phi) is 6.02.